The van der Waals surface area contributed by atoms with E-state index in [1.807, 2.05) is 30.3 Å². The summed E-state index contributed by atoms with van der Waals surface area (Å²) < 4.78 is 1.64. The van der Waals surface area contributed by atoms with Crippen molar-refractivity contribution in [2.75, 3.05) is 0 Å². The van der Waals surface area contributed by atoms with Gasteiger partial charge in [-0.2, -0.15) is 0 Å². The molecule has 0 bridgehead atoms. The minimum atomic E-state index is -0.560. The molecule has 1 aromatic carbocycles. The van der Waals surface area contributed by atoms with Crippen LogP contribution in [0.15, 0.2) is 42.9 Å². The van der Waals surface area contributed by atoms with Crippen LogP contribution in [0.3, 0.4) is 0 Å². The molecule has 2 rings (SSSR count). The summed E-state index contributed by atoms with van der Waals surface area (Å²) in [5.74, 6) is -0.560. The smallest absolute Gasteiger partial charge is 0.268 e. The zero-order chi connectivity index (χ0) is 11.5. The van der Waals surface area contributed by atoms with Crippen molar-refractivity contribution in [1.82, 2.24) is 9.55 Å². The first-order chi connectivity index (χ1) is 7.68. The summed E-state index contributed by atoms with van der Waals surface area (Å²) in [5, 5.41) is 0. The fourth-order valence-electron chi connectivity index (χ4n) is 1.37. The molecule has 1 heterocycles. The van der Waals surface area contributed by atoms with Gasteiger partial charge >= 0.3 is 0 Å². The molecular formula is C11H10ClN3O. The van der Waals surface area contributed by atoms with Gasteiger partial charge < -0.3 is 10.3 Å². The summed E-state index contributed by atoms with van der Waals surface area (Å²) in [6.45, 7) is 0. The van der Waals surface area contributed by atoms with E-state index in [4.69, 9.17) is 17.3 Å². The average Bonchev–Trinajstić information content (AvgIpc) is 2.78. The van der Waals surface area contributed by atoms with E-state index < -0.39 is 5.91 Å². The van der Waals surface area contributed by atoms with Crippen LogP contribution in [-0.4, -0.2) is 15.5 Å². The highest BCUT2D eigenvalue weighted by Crippen LogP contribution is 2.22. The Balaban J connectivity index is 2.27. The second-order valence-electron chi connectivity index (χ2n) is 3.32. The van der Waals surface area contributed by atoms with Crippen molar-refractivity contribution in [2.24, 2.45) is 5.73 Å². The number of aromatic nitrogens is 2. The Morgan fingerprint density at radius 3 is 2.62 bits per heavy atom. The molecule has 0 aliphatic rings. The molecule has 2 N–H and O–H groups in total. The zero-order valence-electron chi connectivity index (χ0n) is 8.38. The normalized spacial score (nSPS) is 12.3. The van der Waals surface area contributed by atoms with Crippen LogP contribution >= 0.6 is 11.6 Å². The van der Waals surface area contributed by atoms with E-state index in [1.54, 1.807) is 4.57 Å². The SMILES string of the molecule is NC(=O)c1cn(C(Cl)c2ccccc2)cn1. The number of hydrogen-bond acceptors (Lipinski definition) is 2. The van der Waals surface area contributed by atoms with Gasteiger partial charge in [0.05, 0.1) is 6.33 Å². The molecule has 1 amide bonds. The topological polar surface area (TPSA) is 60.9 Å². The third-order valence-corrected chi connectivity index (χ3v) is 2.67. The van der Waals surface area contributed by atoms with Gasteiger partial charge in [0.1, 0.15) is 11.2 Å². The summed E-state index contributed by atoms with van der Waals surface area (Å²) >= 11 is 6.22. The highest BCUT2D eigenvalue weighted by atomic mass is 35.5. The average molecular weight is 236 g/mol. The van der Waals surface area contributed by atoms with E-state index >= 15 is 0 Å². The van der Waals surface area contributed by atoms with Crippen LogP contribution in [0.25, 0.3) is 0 Å². The number of carbonyl (C=O) groups excluding carboxylic acids is 1. The predicted molar refractivity (Wildman–Crippen MR) is 61.2 cm³/mol. The lowest BCUT2D eigenvalue weighted by Gasteiger charge is -2.10. The van der Waals surface area contributed by atoms with Crippen LogP contribution in [0.2, 0.25) is 0 Å². The van der Waals surface area contributed by atoms with Gasteiger partial charge in [-0.1, -0.05) is 41.9 Å². The Kier molecular flexibility index (Phi) is 2.92. The summed E-state index contributed by atoms with van der Waals surface area (Å²) in [6.07, 6.45) is 3.03. The third kappa shape index (κ3) is 2.06. The van der Waals surface area contributed by atoms with Gasteiger partial charge in [0.25, 0.3) is 5.91 Å². The predicted octanol–water partition coefficient (Wildman–Crippen LogP) is 1.77. The monoisotopic (exact) mass is 235 g/mol. The van der Waals surface area contributed by atoms with Gasteiger partial charge in [-0.15, -0.1) is 0 Å². The number of carbonyl (C=O) groups is 1. The minimum absolute atomic E-state index is 0.210. The van der Waals surface area contributed by atoms with Crippen LogP contribution in [0.5, 0.6) is 0 Å². The number of nitrogens with zero attached hydrogens (tertiary/aromatic N) is 2. The molecule has 0 aliphatic carbocycles. The van der Waals surface area contributed by atoms with Crippen LogP contribution < -0.4 is 5.73 Å². The van der Waals surface area contributed by atoms with Gasteiger partial charge in [-0.3, -0.25) is 4.79 Å². The summed E-state index contributed by atoms with van der Waals surface area (Å²) in [7, 11) is 0. The second kappa shape index (κ2) is 4.37. The molecule has 1 aromatic heterocycles. The molecule has 1 unspecified atom stereocenters. The summed E-state index contributed by atoms with van der Waals surface area (Å²) in [4.78, 5) is 14.7. The fraction of sp³-hybridized carbons (Fsp3) is 0.0909. The Morgan fingerprint density at radius 1 is 1.38 bits per heavy atom. The Bertz CT molecular complexity index is 495. The Labute approximate surface area is 97.7 Å². The molecule has 0 radical (unpaired) electrons. The molecule has 0 aliphatic heterocycles. The molecule has 1 atom stereocenters. The molecule has 0 saturated carbocycles. The van der Waals surface area contributed by atoms with E-state index in [2.05, 4.69) is 4.98 Å². The van der Waals surface area contributed by atoms with E-state index in [0.717, 1.165) is 5.56 Å². The molecule has 0 spiro atoms. The number of benzene rings is 1. The van der Waals surface area contributed by atoms with Gasteiger partial charge in [-0.05, 0) is 5.56 Å². The number of primary amides is 1. The van der Waals surface area contributed by atoms with Crippen molar-refractivity contribution in [3.8, 4) is 0 Å². The maximum absolute atomic E-state index is 10.9. The quantitative estimate of drug-likeness (QED) is 0.825. The Hall–Kier alpha value is -1.81. The highest BCUT2D eigenvalue weighted by Gasteiger charge is 2.12. The molecule has 2 aromatic rings. The maximum atomic E-state index is 10.9. The largest absolute Gasteiger partial charge is 0.364 e. The number of hydrogen-bond donors (Lipinski definition) is 1. The van der Waals surface area contributed by atoms with Gasteiger partial charge in [0, 0.05) is 6.20 Å². The van der Waals surface area contributed by atoms with Crippen LogP contribution in [0.4, 0.5) is 0 Å². The maximum Gasteiger partial charge on any atom is 0.268 e. The first-order valence-electron chi connectivity index (χ1n) is 4.71. The van der Waals surface area contributed by atoms with E-state index in [-0.39, 0.29) is 11.2 Å². The number of imidazole rings is 1. The van der Waals surface area contributed by atoms with E-state index in [9.17, 15) is 4.79 Å². The van der Waals surface area contributed by atoms with Crippen LogP contribution in [0, 0.1) is 0 Å². The summed E-state index contributed by atoms with van der Waals surface area (Å²) in [6, 6.07) is 9.52. The molecule has 0 fully saturated rings. The highest BCUT2D eigenvalue weighted by molar-refractivity contribution is 6.20. The number of rotatable bonds is 3. The molecule has 5 heteroatoms. The molecular weight excluding hydrogens is 226 g/mol. The van der Waals surface area contributed by atoms with Gasteiger partial charge in [0.2, 0.25) is 0 Å². The molecule has 0 saturated heterocycles. The number of nitrogens with two attached hydrogens (primary N) is 1. The van der Waals surface area contributed by atoms with Crippen molar-refractivity contribution < 1.29 is 4.79 Å². The number of amides is 1. The molecule has 16 heavy (non-hydrogen) atoms. The van der Waals surface area contributed by atoms with Crippen LogP contribution in [0.1, 0.15) is 21.6 Å². The number of halogens is 1. The molecule has 82 valence electrons. The lowest BCUT2D eigenvalue weighted by Crippen LogP contribution is -2.11. The van der Waals surface area contributed by atoms with Crippen molar-refractivity contribution in [1.29, 1.82) is 0 Å². The first-order valence-corrected chi connectivity index (χ1v) is 5.14. The number of alkyl halides is 1. The Morgan fingerprint density at radius 2 is 2.06 bits per heavy atom. The van der Waals surface area contributed by atoms with E-state index in [0.29, 0.717) is 0 Å². The van der Waals surface area contributed by atoms with E-state index in [1.165, 1.54) is 12.5 Å². The van der Waals surface area contributed by atoms with Crippen molar-refractivity contribution >= 4 is 17.5 Å². The van der Waals surface area contributed by atoms with Gasteiger partial charge in [0.15, 0.2) is 0 Å². The minimum Gasteiger partial charge on any atom is -0.364 e. The van der Waals surface area contributed by atoms with Crippen molar-refractivity contribution in [3.63, 3.8) is 0 Å². The zero-order valence-corrected chi connectivity index (χ0v) is 9.13. The van der Waals surface area contributed by atoms with Crippen molar-refractivity contribution in [2.45, 2.75) is 5.50 Å². The van der Waals surface area contributed by atoms with Crippen molar-refractivity contribution in [3.05, 3.63) is 54.1 Å². The lowest BCUT2D eigenvalue weighted by molar-refractivity contribution is 0.0996. The van der Waals surface area contributed by atoms with Crippen LogP contribution in [-0.2, 0) is 0 Å². The second-order valence-corrected chi connectivity index (χ2v) is 3.73. The van der Waals surface area contributed by atoms with Gasteiger partial charge in [-0.25, -0.2) is 4.98 Å². The molecule has 4 nitrogen and oxygen atoms in total. The fourth-order valence-corrected chi connectivity index (χ4v) is 1.62. The lowest BCUT2D eigenvalue weighted by atomic mass is 10.2. The third-order valence-electron chi connectivity index (χ3n) is 2.19. The standard InChI is InChI=1S/C11H10ClN3O/c12-10(8-4-2-1-3-5-8)15-6-9(11(13)16)14-7-15/h1-7,10H,(H2,13,16). The summed E-state index contributed by atoms with van der Waals surface area (Å²) in [5.41, 5.74) is 5.86. The first kappa shape index (κ1) is 10.7.